The molecule has 0 bridgehead atoms. The molecule has 0 saturated carbocycles. The number of hydrogen-bond donors (Lipinski definition) is 1. The van der Waals surface area contributed by atoms with E-state index in [9.17, 15) is 0 Å². The minimum absolute atomic E-state index is 0.632. The Morgan fingerprint density at radius 3 is 2.57 bits per heavy atom. The molecule has 0 amide bonds. The Bertz CT molecular complexity index is 796. The van der Waals surface area contributed by atoms with Gasteiger partial charge in [0.05, 0.1) is 19.0 Å². The molecule has 118 valence electrons. The van der Waals surface area contributed by atoms with Crippen LogP contribution in [0.15, 0.2) is 54.7 Å². The Morgan fingerprint density at radius 2 is 1.87 bits per heavy atom. The zero-order valence-electron chi connectivity index (χ0n) is 13.1. The Labute approximate surface area is 140 Å². The lowest BCUT2D eigenvalue weighted by molar-refractivity contribution is 0.415. The van der Waals surface area contributed by atoms with Gasteiger partial charge in [0, 0.05) is 24.2 Å². The number of aromatic nitrogens is 2. The Morgan fingerprint density at radius 1 is 1.13 bits per heavy atom. The Balaban J connectivity index is 1.77. The number of ether oxygens (including phenoxy) is 1. The van der Waals surface area contributed by atoms with Crippen molar-refractivity contribution >= 4 is 17.5 Å². The summed E-state index contributed by atoms with van der Waals surface area (Å²) in [5.41, 5.74) is 3.17. The van der Waals surface area contributed by atoms with Crippen molar-refractivity contribution in [3.63, 3.8) is 0 Å². The number of imidazole rings is 1. The maximum absolute atomic E-state index is 6.18. The number of halogens is 1. The number of nitrogens with zero attached hydrogens (tertiary/aromatic N) is 2. The van der Waals surface area contributed by atoms with Gasteiger partial charge in [-0.15, -0.1) is 0 Å². The molecule has 23 heavy (non-hydrogen) atoms. The largest absolute Gasteiger partial charge is 0.497 e. The molecule has 0 aliphatic carbocycles. The zero-order valence-corrected chi connectivity index (χ0v) is 13.8. The quantitative estimate of drug-likeness (QED) is 0.756. The van der Waals surface area contributed by atoms with Crippen molar-refractivity contribution in [3.8, 4) is 17.0 Å². The number of anilines is 1. The van der Waals surface area contributed by atoms with E-state index in [0.717, 1.165) is 33.5 Å². The van der Waals surface area contributed by atoms with E-state index in [-0.39, 0.29) is 0 Å². The van der Waals surface area contributed by atoms with Gasteiger partial charge in [-0.3, -0.25) is 0 Å². The lowest BCUT2D eigenvalue weighted by Crippen LogP contribution is -2.06. The summed E-state index contributed by atoms with van der Waals surface area (Å²) >= 11 is 6.18. The summed E-state index contributed by atoms with van der Waals surface area (Å²) in [4.78, 5) is 4.46. The minimum Gasteiger partial charge on any atom is -0.497 e. The van der Waals surface area contributed by atoms with Crippen LogP contribution in [0.5, 0.6) is 5.75 Å². The molecule has 1 aromatic heterocycles. The predicted molar refractivity (Wildman–Crippen MR) is 94.0 cm³/mol. The second-order valence-corrected chi connectivity index (χ2v) is 5.61. The fraction of sp³-hybridized carbons (Fsp3) is 0.167. The van der Waals surface area contributed by atoms with Gasteiger partial charge >= 0.3 is 0 Å². The normalized spacial score (nSPS) is 10.6. The van der Waals surface area contributed by atoms with E-state index in [0.29, 0.717) is 6.54 Å². The topological polar surface area (TPSA) is 39.1 Å². The molecule has 0 radical (unpaired) electrons. The van der Waals surface area contributed by atoms with Gasteiger partial charge in [-0.2, -0.15) is 0 Å². The third-order valence-electron chi connectivity index (χ3n) is 3.77. The fourth-order valence-corrected chi connectivity index (χ4v) is 2.62. The first-order valence-corrected chi connectivity index (χ1v) is 7.70. The molecule has 2 aromatic carbocycles. The zero-order chi connectivity index (χ0) is 16.2. The van der Waals surface area contributed by atoms with E-state index >= 15 is 0 Å². The summed E-state index contributed by atoms with van der Waals surface area (Å²) in [5, 5.41) is 4.08. The van der Waals surface area contributed by atoms with Gasteiger partial charge in [0.2, 0.25) is 5.95 Å². The number of rotatable bonds is 5. The average molecular weight is 328 g/mol. The summed E-state index contributed by atoms with van der Waals surface area (Å²) in [5.74, 6) is 1.64. The average Bonchev–Trinajstić information content (AvgIpc) is 2.95. The van der Waals surface area contributed by atoms with Crippen LogP contribution < -0.4 is 10.1 Å². The lowest BCUT2D eigenvalue weighted by atomic mass is 10.1. The molecule has 0 atom stereocenters. The summed E-state index contributed by atoms with van der Waals surface area (Å²) in [6, 6.07) is 15.7. The van der Waals surface area contributed by atoms with Crippen molar-refractivity contribution in [3.05, 3.63) is 65.3 Å². The molecule has 0 unspecified atom stereocenters. The third-order valence-corrected chi connectivity index (χ3v) is 4.14. The van der Waals surface area contributed by atoms with E-state index < -0.39 is 0 Å². The van der Waals surface area contributed by atoms with Crippen LogP contribution >= 0.6 is 11.6 Å². The molecule has 0 aliphatic rings. The molecule has 3 rings (SSSR count). The van der Waals surface area contributed by atoms with Crippen LogP contribution in [0, 0.1) is 0 Å². The molecular weight excluding hydrogens is 310 g/mol. The monoisotopic (exact) mass is 327 g/mol. The van der Waals surface area contributed by atoms with E-state index in [1.54, 1.807) is 7.11 Å². The summed E-state index contributed by atoms with van der Waals surface area (Å²) < 4.78 is 7.22. The first kappa shape index (κ1) is 15.4. The molecule has 4 nitrogen and oxygen atoms in total. The standard InChI is InChI=1S/C18H18ClN3O/c1-22-17(13-7-9-15(23-2)10-8-13)12-21-18(22)20-11-14-5-3-4-6-16(14)19/h3-10,12H,11H2,1-2H3,(H,20,21). The molecule has 5 heteroatoms. The number of hydrogen-bond acceptors (Lipinski definition) is 3. The number of nitrogens with one attached hydrogen (secondary N) is 1. The minimum atomic E-state index is 0.632. The van der Waals surface area contributed by atoms with Gasteiger partial charge in [0.15, 0.2) is 0 Å². The predicted octanol–water partition coefficient (Wildman–Crippen LogP) is 4.36. The Kier molecular flexibility index (Phi) is 4.53. The molecule has 0 aliphatic heterocycles. The van der Waals surface area contributed by atoms with Crippen molar-refractivity contribution in [2.45, 2.75) is 6.54 Å². The Hall–Kier alpha value is -2.46. The van der Waals surface area contributed by atoms with E-state index in [2.05, 4.69) is 10.3 Å². The van der Waals surface area contributed by atoms with Crippen molar-refractivity contribution in [1.29, 1.82) is 0 Å². The molecular formula is C18H18ClN3O. The van der Waals surface area contributed by atoms with Gasteiger partial charge in [0.25, 0.3) is 0 Å². The first-order valence-electron chi connectivity index (χ1n) is 7.32. The third kappa shape index (κ3) is 3.32. The molecule has 0 saturated heterocycles. The smallest absolute Gasteiger partial charge is 0.203 e. The molecule has 3 aromatic rings. The second-order valence-electron chi connectivity index (χ2n) is 5.20. The van der Waals surface area contributed by atoms with Gasteiger partial charge in [0.1, 0.15) is 5.75 Å². The van der Waals surface area contributed by atoms with Crippen molar-refractivity contribution in [1.82, 2.24) is 9.55 Å². The highest BCUT2D eigenvalue weighted by Gasteiger charge is 2.09. The van der Waals surface area contributed by atoms with Crippen LogP contribution in [0.1, 0.15) is 5.56 Å². The van der Waals surface area contributed by atoms with Crippen LogP contribution in [0.4, 0.5) is 5.95 Å². The summed E-state index contributed by atoms with van der Waals surface area (Å²) in [6.45, 7) is 0.632. The van der Waals surface area contributed by atoms with Crippen LogP contribution in [0.2, 0.25) is 5.02 Å². The van der Waals surface area contributed by atoms with Gasteiger partial charge < -0.3 is 14.6 Å². The first-order chi connectivity index (χ1) is 11.2. The van der Waals surface area contributed by atoms with Gasteiger partial charge in [-0.1, -0.05) is 29.8 Å². The van der Waals surface area contributed by atoms with Crippen LogP contribution in [-0.4, -0.2) is 16.7 Å². The highest BCUT2D eigenvalue weighted by atomic mass is 35.5. The summed E-state index contributed by atoms with van der Waals surface area (Å²) in [6.07, 6.45) is 1.86. The van der Waals surface area contributed by atoms with Crippen LogP contribution in [0.25, 0.3) is 11.3 Å². The molecule has 1 heterocycles. The summed E-state index contributed by atoms with van der Waals surface area (Å²) in [7, 11) is 3.65. The SMILES string of the molecule is COc1ccc(-c2cnc(NCc3ccccc3Cl)n2C)cc1. The van der Waals surface area contributed by atoms with E-state index in [1.165, 1.54) is 0 Å². The van der Waals surface area contributed by atoms with Crippen molar-refractivity contribution in [2.24, 2.45) is 7.05 Å². The lowest BCUT2D eigenvalue weighted by Gasteiger charge is -2.09. The highest BCUT2D eigenvalue weighted by molar-refractivity contribution is 6.31. The van der Waals surface area contributed by atoms with E-state index in [1.807, 2.05) is 66.3 Å². The van der Waals surface area contributed by atoms with Gasteiger partial charge in [-0.05, 0) is 35.9 Å². The second kappa shape index (κ2) is 6.75. The number of benzene rings is 2. The number of methoxy groups -OCH3 is 1. The highest BCUT2D eigenvalue weighted by Crippen LogP contribution is 2.24. The molecule has 1 N–H and O–H groups in total. The fourth-order valence-electron chi connectivity index (χ4n) is 2.42. The van der Waals surface area contributed by atoms with Crippen LogP contribution in [-0.2, 0) is 13.6 Å². The van der Waals surface area contributed by atoms with Crippen molar-refractivity contribution in [2.75, 3.05) is 12.4 Å². The molecule has 0 fully saturated rings. The van der Waals surface area contributed by atoms with Crippen LogP contribution in [0.3, 0.4) is 0 Å². The maximum Gasteiger partial charge on any atom is 0.203 e. The molecule has 0 spiro atoms. The maximum atomic E-state index is 6.18. The van der Waals surface area contributed by atoms with Crippen molar-refractivity contribution < 1.29 is 4.74 Å². The van der Waals surface area contributed by atoms with E-state index in [4.69, 9.17) is 16.3 Å². The van der Waals surface area contributed by atoms with Gasteiger partial charge in [-0.25, -0.2) is 4.98 Å².